The van der Waals surface area contributed by atoms with Crippen LogP contribution in [-0.2, 0) is 12.7 Å². The van der Waals surface area contributed by atoms with Gasteiger partial charge in [0.05, 0.1) is 22.8 Å². The molecule has 1 fully saturated rings. The molecule has 0 aliphatic carbocycles. The summed E-state index contributed by atoms with van der Waals surface area (Å²) in [7, 11) is 0. The summed E-state index contributed by atoms with van der Waals surface area (Å²) in [5.74, 6) is 0.342. The van der Waals surface area contributed by atoms with Crippen LogP contribution in [-0.4, -0.2) is 28.1 Å². The maximum absolute atomic E-state index is 12.8. The minimum atomic E-state index is -4.46. The largest absolute Gasteiger partial charge is 0.417 e. The van der Waals surface area contributed by atoms with Crippen LogP contribution in [0.1, 0.15) is 22.7 Å². The molecule has 0 atom stereocenters. The van der Waals surface area contributed by atoms with Crippen LogP contribution in [0.25, 0.3) is 0 Å². The fourth-order valence-electron chi connectivity index (χ4n) is 2.15. The number of benzene rings is 1. The van der Waals surface area contributed by atoms with E-state index in [2.05, 4.69) is 15.6 Å². The maximum atomic E-state index is 12.8. The molecular formula is C13H12ClF3N4. The third kappa shape index (κ3) is 3.03. The molecule has 0 radical (unpaired) electrons. The highest BCUT2D eigenvalue weighted by atomic mass is 35.5. The lowest BCUT2D eigenvalue weighted by molar-refractivity contribution is -0.137. The Morgan fingerprint density at radius 1 is 1.33 bits per heavy atom. The smallest absolute Gasteiger partial charge is 0.315 e. The third-order valence-corrected chi connectivity index (χ3v) is 3.77. The van der Waals surface area contributed by atoms with Crippen molar-refractivity contribution in [1.29, 1.82) is 0 Å². The predicted molar refractivity (Wildman–Crippen MR) is 71.2 cm³/mol. The maximum Gasteiger partial charge on any atom is 0.417 e. The molecule has 0 bridgehead atoms. The summed E-state index contributed by atoms with van der Waals surface area (Å²) in [5, 5.41) is 10.8. The van der Waals surface area contributed by atoms with E-state index in [0.717, 1.165) is 24.8 Å². The van der Waals surface area contributed by atoms with E-state index < -0.39 is 11.7 Å². The van der Waals surface area contributed by atoms with Gasteiger partial charge >= 0.3 is 6.18 Å². The molecule has 21 heavy (non-hydrogen) atoms. The summed E-state index contributed by atoms with van der Waals surface area (Å²) in [6.45, 7) is 1.95. The average Bonchev–Trinajstić information content (AvgIpc) is 2.76. The lowest BCUT2D eigenvalue weighted by atomic mass is 10.0. The van der Waals surface area contributed by atoms with E-state index in [4.69, 9.17) is 11.6 Å². The molecule has 3 rings (SSSR count). The molecule has 1 saturated heterocycles. The van der Waals surface area contributed by atoms with Gasteiger partial charge in [-0.05, 0) is 17.7 Å². The van der Waals surface area contributed by atoms with Crippen LogP contribution in [0.2, 0.25) is 5.02 Å². The zero-order chi connectivity index (χ0) is 15.0. The normalized spacial score (nSPS) is 16.0. The number of nitrogens with zero attached hydrogens (tertiary/aromatic N) is 3. The van der Waals surface area contributed by atoms with Gasteiger partial charge in [-0.2, -0.15) is 13.2 Å². The van der Waals surface area contributed by atoms with Gasteiger partial charge in [0, 0.05) is 25.2 Å². The van der Waals surface area contributed by atoms with Crippen LogP contribution in [0.15, 0.2) is 24.4 Å². The van der Waals surface area contributed by atoms with Crippen molar-refractivity contribution in [3.8, 4) is 0 Å². The Hall–Kier alpha value is -1.60. The molecule has 1 N–H and O–H groups in total. The first-order chi connectivity index (χ1) is 9.93. The van der Waals surface area contributed by atoms with E-state index in [9.17, 15) is 13.2 Å². The Kier molecular flexibility index (Phi) is 3.62. The molecule has 1 aliphatic rings. The number of alkyl halides is 3. The third-order valence-electron chi connectivity index (χ3n) is 3.44. The summed E-state index contributed by atoms with van der Waals surface area (Å²) >= 11 is 5.59. The second-order valence-corrected chi connectivity index (χ2v) is 5.42. The Morgan fingerprint density at radius 3 is 2.71 bits per heavy atom. The van der Waals surface area contributed by atoms with Crippen molar-refractivity contribution in [2.24, 2.45) is 0 Å². The van der Waals surface area contributed by atoms with E-state index in [1.165, 1.54) is 10.7 Å². The molecule has 0 amide bonds. The molecule has 4 nitrogen and oxygen atoms in total. The SMILES string of the molecule is FC(F)(F)c1cc(Cn2cc(C3CNC3)nn2)ccc1Cl. The molecule has 2 heterocycles. The zero-order valence-electron chi connectivity index (χ0n) is 10.9. The molecule has 0 saturated carbocycles. The number of nitrogens with one attached hydrogen (secondary N) is 1. The van der Waals surface area contributed by atoms with Gasteiger partial charge in [0.2, 0.25) is 0 Å². The van der Waals surface area contributed by atoms with E-state index in [1.54, 1.807) is 12.3 Å². The second kappa shape index (κ2) is 5.31. The van der Waals surface area contributed by atoms with E-state index in [0.29, 0.717) is 11.5 Å². The molecule has 1 aliphatic heterocycles. The van der Waals surface area contributed by atoms with Crippen molar-refractivity contribution in [3.63, 3.8) is 0 Å². The van der Waals surface area contributed by atoms with Crippen molar-refractivity contribution in [2.75, 3.05) is 13.1 Å². The minimum Gasteiger partial charge on any atom is -0.315 e. The van der Waals surface area contributed by atoms with Gasteiger partial charge in [-0.15, -0.1) is 5.10 Å². The van der Waals surface area contributed by atoms with Gasteiger partial charge in [-0.25, -0.2) is 4.68 Å². The Labute approximate surface area is 123 Å². The predicted octanol–water partition coefficient (Wildman–Crippen LogP) is 2.69. The first-order valence-electron chi connectivity index (χ1n) is 6.40. The average molecular weight is 317 g/mol. The first-order valence-corrected chi connectivity index (χ1v) is 6.77. The van der Waals surface area contributed by atoms with Crippen LogP contribution in [0, 0.1) is 0 Å². The van der Waals surface area contributed by atoms with Crippen molar-refractivity contribution in [1.82, 2.24) is 20.3 Å². The first kappa shape index (κ1) is 14.3. The molecular weight excluding hydrogens is 305 g/mol. The standard InChI is InChI=1S/C13H12ClF3N4/c14-11-2-1-8(3-10(11)13(15,16)17)6-21-7-12(19-20-21)9-4-18-5-9/h1-3,7,9,18H,4-6H2. The lowest BCUT2D eigenvalue weighted by Gasteiger charge is -2.24. The number of hydrogen-bond donors (Lipinski definition) is 1. The van der Waals surface area contributed by atoms with Gasteiger partial charge in [-0.3, -0.25) is 0 Å². The topological polar surface area (TPSA) is 42.7 Å². The quantitative estimate of drug-likeness (QED) is 0.946. The second-order valence-electron chi connectivity index (χ2n) is 5.01. The monoisotopic (exact) mass is 316 g/mol. The molecule has 1 aromatic heterocycles. The van der Waals surface area contributed by atoms with Gasteiger partial charge in [0.15, 0.2) is 0 Å². The highest BCUT2D eigenvalue weighted by molar-refractivity contribution is 6.31. The van der Waals surface area contributed by atoms with Gasteiger partial charge in [0.25, 0.3) is 0 Å². The lowest BCUT2D eigenvalue weighted by Crippen LogP contribution is -2.40. The molecule has 2 aromatic rings. The Balaban J connectivity index is 1.79. The number of aromatic nitrogens is 3. The van der Waals surface area contributed by atoms with Gasteiger partial charge in [-0.1, -0.05) is 22.9 Å². The summed E-state index contributed by atoms with van der Waals surface area (Å²) in [5.41, 5.74) is 0.513. The number of halogens is 4. The van der Waals surface area contributed by atoms with E-state index >= 15 is 0 Å². The van der Waals surface area contributed by atoms with Crippen molar-refractivity contribution in [3.05, 3.63) is 46.2 Å². The summed E-state index contributed by atoms with van der Waals surface area (Å²) in [6, 6.07) is 3.87. The minimum absolute atomic E-state index is 0.230. The fourth-order valence-corrected chi connectivity index (χ4v) is 2.38. The van der Waals surface area contributed by atoms with E-state index in [-0.39, 0.29) is 11.6 Å². The van der Waals surface area contributed by atoms with Crippen molar-refractivity contribution in [2.45, 2.75) is 18.6 Å². The van der Waals surface area contributed by atoms with Crippen molar-refractivity contribution >= 4 is 11.6 Å². The zero-order valence-corrected chi connectivity index (χ0v) is 11.6. The molecule has 112 valence electrons. The van der Waals surface area contributed by atoms with Crippen LogP contribution >= 0.6 is 11.6 Å². The number of rotatable bonds is 3. The summed E-state index contributed by atoms with van der Waals surface area (Å²) in [4.78, 5) is 0. The highest BCUT2D eigenvalue weighted by Gasteiger charge is 2.33. The van der Waals surface area contributed by atoms with Crippen LogP contribution in [0.3, 0.4) is 0 Å². The Bertz CT molecular complexity index is 649. The van der Waals surface area contributed by atoms with Gasteiger partial charge in [0.1, 0.15) is 0 Å². The highest BCUT2D eigenvalue weighted by Crippen LogP contribution is 2.35. The van der Waals surface area contributed by atoms with Crippen molar-refractivity contribution < 1.29 is 13.2 Å². The van der Waals surface area contributed by atoms with E-state index in [1.807, 2.05) is 0 Å². The number of hydrogen-bond acceptors (Lipinski definition) is 3. The summed E-state index contributed by atoms with van der Waals surface area (Å²) < 4.78 is 40.0. The summed E-state index contributed by atoms with van der Waals surface area (Å²) in [6.07, 6.45) is -2.69. The molecule has 0 unspecified atom stereocenters. The molecule has 1 aromatic carbocycles. The Morgan fingerprint density at radius 2 is 2.10 bits per heavy atom. The molecule has 8 heteroatoms. The van der Waals surface area contributed by atoms with Gasteiger partial charge < -0.3 is 5.32 Å². The fraction of sp³-hybridized carbons (Fsp3) is 0.385. The van der Waals surface area contributed by atoms with Crippen LogP contribution < -0.4 is 5.32 Å². The van der Waals surface area contributed by atoms with Crippen LogP contribution in [0.5, 0.6) is 0 Å². The molecule has 0 spiro atoms. The van der Waals surface area contributed by atoms with Crippen LogP contribution in [0.4, 0.5) is 13.2 Å².